The molecule has 0 saturated heterocycles. The van der Waals surface area contributed by atoms with Crippen LogP contribution in [0.25, 0.3) is 0 Å². The molecule has 2 aromatic carbocycles. The van der Waals surface area contributed by atoms with Gasteiger partial charge in [-0.3, -0.25) is 4.68 Å². The van der Waals surface area contributed by atoms with Crippen molar-refractivity contribution in [3.8, 4) is 0 Å². The molecule has 0 saturated carbocycles. The quantitative estimate of drug-likeness (QED) is 0.583. The summed E-state index contributed by atoms with van der Waals surface area (Å²) < 4.78 is 69.1. The van der Waals surface area contributed by atoms with Crippen LogP contribution in [0.3, 0.4) is 0 Å². The van der Waals surface area contributed by atoms with Gasteiger partial charge in [0.2, 0.25) is 10.0 Å². The summed E-state index contributed by atoms with van der Waals surface area (Å²) in [7, 11) is -4.44. The SMILES string of the molecule is Cc1nn(Cc2ccccc2)c(C)c1CNS(=O)(=O)c1ccc(Cl)cc1C(F)(F)F. The van der Waals surface area contributed by atoms with Crippen molar-refractivity contribution < 1.29 is 21.6 Å². The Bertz CT molecular complexity index is 1160. The van der Waals surface area contributed by atoms with Crippen LogP contribution >= 0.6 is 11.6 Å². The molecule has 5 nitrogen and oxygen atoms in total. The first-order chi connectivity index (χ1) is 14.0. The number of sulfonamides is 1. The number of rotatable bonds is 6. The molecular weight excluding hydrogens is 439 g/mol. The fraction of sp³-hybridized carbons (Fsp3) is 0.250. The molecule has 3 rings (SSSR count). The topological polar surface area (TPSA) is 64.0 Å². The Labute approximate surface area is 177 Å². The molecule has 0 amide bonds. The largest absolute Gasteiger partial charge is 0.417 e. The van der Waals surface area contributed by atoms with Crippen LogP contribution in [0.5, 0.6) is 0 Å². The van der Waals surface area contributed by atoms with Gasteiger partial charge in [-0.25, -0.2) is 13.1 Å². The minimum absolute atomic E-state index is 0.186. The zero-order valence-electron chi connectivity index (χ0n) is 16.2. The second-order valence-electron chi connectivity index (χ2n) is 6.76. The van der Waals surface area contributed by atoms with Gasteiger partial charge in [-0.2, -0.15) is 18.3 Å². The molecule has 0 fully saturated rings. The molecule has 0 aliphatic carbocycles. The maximum absolute atomic E-state index is 13.3. The second kappa shape index (κ2) is 8.41. The third kappa shape index (κ3) is 4.85. The molecule has 0 aliphatic heterocycles. The van der Waals surface area contributed by atoms with Crippen LogP contribution in [0, 0.1) is 13.8 Å². The predicted octanol–water partition coefficient (Wildman–Crippen LogP) is 4.70. The lowest BCUT2D eigenvalue weighted by molar-refractivity contribution is -0.139. The predicted molar refractivity (Wildman–Crippen MR) is 108 cm³/mol. The second-order valence-corrected chi connectivity index (χ2v) is 8.93. The Kier molecular flexibility index (Phi) is 6.26. The van der Waals surface area contributed by atoms with Crippen LogP contribution in [0.1, 0.15) is 28.1 Å². The summed E-state index contributed by atoms with van der Waals surface area (Å²) in [5.74, 6) is 0. The summed E-state index contributed by atoms with van der Waals surface area (Å²) in [5.41, 5.74) is 1.64. The summed E-state index contributed by atoms with van der Waals surface area (Å²) in [6, 6.07) is 12.2. The van der Waals surface area contributed by atoms with Crippen molar-refractivity contribution in [3.05, 3.63) is 81.6 Å². The lowest BCUT2D eigenvalue weighted by Gasteiger charge is -2.14. The molecular formula is C20H19ClF3N3O2S. The van der Waals surface area contributed by atoms with E-state index >= 15 is 0 Å². The van der Waals surface area contributed by atoms with Crippen LogP contribution in [-0.4, -0.2) is 18.2 Å². The van der Waals surface area contributed by atoms with Crippen LogP contribution in [0.4, 0.5) is 13.2 Å². The summed E-state index contributed by atoms with van der Waals surface area (Å²) in [4.78, 5) is -0.869. The van der Waals surface area contributed by atoms with Gasteiger partial charge in [0.1, 0.15) is 0 Å². The molecule has 0 atom stereocenters. The van der Waals surface area contributed by atoms with Crippen molar-refractivity contribution in [2.75, 3.05) is 0 Å². The van der Waals surface area contributed by atoms with E-state index < -0.39 is 26.7 Å². The smallest absolute Gasteiger partial charge is 0.265 e. The van der Waals surface area contributed by atoms with E-state index in [0.29, 0.717) is 23.9 Å². The standard InChI is InChI=1S/C20H19ClF3N3O2S/c1-13-17(14(2)27(26-13)12-15-6-4-3-5-7-15)11-25-30(28,29)19-9-8-16(21)10-18(19)20(22,23)24/h3-10,25H,11-12H2,1-2H3. The zero-order valence-corrected chi connectivity index (χ0v) is 17.7. The molecule has 0 unspecified atom stereocenters. The highest BCUT2D eigenvalue weighted by Crippen LogP contribution is 2.35. The monoisotopic (exact) mass is 457 g/mol. The van der Waals surface area contributed by atoms with Crippen LogP contribution in [-0.2, 0) is 29.3 Å². The van der Waals surface area contributed by atoms with Gasteiger partial charge in [0.15, 0.2) is 0 Å². The van der Waals surface area contributed by atoms with Gasteiger partial charge in [0.05, 0.1) is 22.7 Å². The van der Waals surface area contributed by atoms with E-state index in [1.807, 2.05) is 30.3 Å². The van der Waals surface area contributed by atoms with Crippen LogP contribution in [0.15, 0.2) is 53.4 Å². The van der Waals surface area contributed by atoms with Gasteiger partial charge < -0.3 is 0 Å². The van der Waals surface area contributed by atoms with E-state index in [-0.39, 0.29) is 11.6 Å². The van der Waals surface area contributed by atoms with Gasteiger partial charge in [0, 0.05) is 22.8 Å². The Balaban J connectivity index is 1.85. The highest BCUT2D eigenvalue weighted by Gasteiger charge is 2.37. The number of alkyl halides is 3. The van der Waals surface area contributed by atoms with Gasteiger partial charge >= 0.3 is 6.18 Å². The van der Waals surface area contributed by atoms with E-state index in [0.717, 1.165) is 23.4 Å². The van der Waals surface area contributed by atoms with E-state index in [4.69, 9.17) is 11.6 Å². The average Bonchev–Trinajstić information content (AvgIpc) is 2.93. The van der Waals surface area contributed by atoms with Crippen molar-refractivity contribution in [2.45, 2.75) is 38.0 Å². The molecule has 160 valence electrons. The summed E-state index contributed by atoms with van der Waals surface area (Å²) >= 11 is 5.63. The third-order valence-electron chi connectivity index (χ3n) is 4.68. The lowest BCUT2D eigenvalue weighted by Crippen LogP contribution is -2.26. The van der Waals surface area contributed by atoms with Crippen LogP contribution < -0.4 is 4.72 Å². The number of nitrogens with one attached hydrogen (secondary N) is 1. The summed E-state index contributed by atoms with van der Waals surface area (Å²) in [6.07, 6.45) is -4.86. The van der Waals surface area contributed by atoms with Crippen molar-refractivity contribution in [2.24, 2.45) is 0 Å². The summed E-state index contributed by atoms with van der Waals surface area (Å²) in [6.45, 7) is 3.82. The zero-order chi connectivity index (χ0) is 22.1. The first-order valence-electron chi connectivity index (χ1n) is 8.92. The maximum atomic E-state index is 13.3. The highest BCUT2D eigenvalue weighted by atomic mass is 35.5. The van der Waals surface area contributed by atoms with Crippen molar-refractivity contribution in [3.63, 3.8) is 0 Å². The minimum atomic E-state index is -4.86. The van der Waals surface area contributed by atoms with Crippen molar-refractivity contribution >= 4 is 21.6 Å². The van der Waals surface area contributed by atoms with Crippen molar-refractivity contribution in [1.29, 1.82) is 0 Å². The van der Waals surface area contributed by atoms with Crippen LogP contribution in [0.2, 0.25) is 5.02 Å². The Hall–Kier alpha value is -2.36. The summed E-state index contributed by atoms with van der Waals surface area (Å²) in [5, 5.41) is 4.23. The van der Waals surface area contributed by atoms with E-state index in [9.17, 15) is 21.6 Å². The number of aryl methyl sites for hydroxylation is 1. The molecule has 1 aromatic heterocycles. The number of hydrogen-bond acceptors (Lipinski definition) is 3. The number of nitrogens with zero attached hydrogens (tertiary/aromatic N) is 2. The van der Waals surface area contributed by atoms with Crippen molar-refractivity contribution in [1.82, 2.24) is 14.5 Å². The molecule has 30 heavy (non-hydrogen) atoms. The Morgan fingerprint density at radius 2 is 1.77 bits per heavy atom. The fourth-order valence-electron chi connectivity index (χ4n) is 3.10. The number of halogens is 4. The first kappa shape index (κ1) is 22.3. The molecule has 0 aliphatic rings. The fourth-order valence-corrected chi connectivity index (χ4v) is 4.48. The van der Waals surface area contributed by atoms with Gasteiger partial charge in [-0.05, 0) is 37.6 Å². The molecule has 1 N–H and O–H groups in total. The Morgan fingerprint density at radius 3 is 2.40 bits per heavy atom. The van der Waals surface area contributed by atoms with Gasteiger partial charge in [-0.15, -0.1) is 0 Å². The molecule has 0 radical (unpaired) electrons. The van der Waals surface area contributed by atoms with E-state index in [1.54, 1.807) is 18.5 Å². The first-order valence-corrected chi connectivity index (χ1v) is 10.8. The molecule has 3 aromatic rings. The minimum Gasteiger partial charge on any atom is -0.265 e. The number of aromatic nitrogens is 2. The lowest BCUT2D eigenvalue weighted by atomic mass is 10.2. The van der Waals surface area contributed by atoms with Gasteiger partial charge in [0.25, 0.3) is 0 Å². The molecule has 1 heterocycles. The number of benzene rings is 2. The van der Waals surface area contributed by atoms with E-state index in [1.165, 1.54) is 0 Å². The van der Waals surface area contributed by atoms with Gasteiger partial charge in [-0.1, -0.05) is 41.9 Å². The molecule has 0 spiro atoms. The number of hydrogen-bond donors (Lipinski definition) is 1. The highest BCUT2D eigenvalue weighted by molar-refractivity contribution is 7.89. The average molecular weight is 458 g/mol. The third-order valence-corrected chi connectivity index (χ3v) is 6.38. The maximum Gasteiger partial charge on any atom is 0.417 e. The molecule has 10 heteroatoms. The van der Waals surface area contributed by atoms with E-state index in [2.05, 4.69) is 9.82 Å². The molecule has 0 bridgehead atoms. The normalized spacial score (nSPS) is 12.3. The Morgan fingerprint density at radius 1 is 1.10 bits per heavy atom.